The third kappa shape index (κ3) is 4.49. The molecule has 2 heterocycles. The van der Waals surface area contributed by atoms with Crippen molar-refractivity contribution >= 4 is 52.0 Å². The molecule has 0 atom stereocenters. The van der Waals surface area contributed by atoms with Gasteiger partial charge >= 0.3 is 0 Å². The average molecular weight is 489 g/mol. The molecular weight excluding hydrogens is 471 g/mol. The Labute approximate surface area is 205 Å². The first-order chi connectivity index (χ1) is 16.5. The zero-order chi connectivity index (χ0) is 23.7. The lowest BCUT2D eigenvalue weighted by Gasteiger charge is -2.09. The highest BCUT2D eigenvalue weighted by molar-refractivity contribution is 6.36. The molecule has 0 spiro atoms. The molecule has 5 nitrogen and oxygen atoms in total. The first-order valence-electron chi connectivity index (χ1n) is 10.5. The minimum Gasteiger partial charge on any atom is -0.457 e. The molecule has 0 fully saturated rings. The molecule has 0 aliphatic carbocycles. The molecule has 0 saturated heterocycles. The molecule has 5 aromatic rings. The molecule has 0 aliphatic heterocycles. The predicted molar refractivity (Wildman–Crippen MR) is 136 cm³/mol. The van der Waals surface area contributed by atoms with Crippen LogP contribution in [-0.4, -0.2) is 10.9 Å². The second-order valence-electron chi connectivity index (χ2n) is 7.61. The van der Waals surface area contributed by atoms with Crippen LogP contribution in [0.15, 0.2) is 87.7 Å². The fourth-order valence-corrected chi connectivity index (χ4v) is 4.10. The Morgan fingerprint density at radius 3 is 2.62 bits per heavy atom. The monoisotopic (exact) mass is 488 g/mol. The summed E-state index contributed by atoms with van der Waals surface area (Å²) in [4.78, 5) is 17.1. The lowest BCUT2D eigenvalue weighted by molar-refractivity contribution is -0.111. The maximum atomic E-state index is 12.6. The van der Waals surface area contributed by atoms with Crippen molar-refractivity contribution in [2.45, 2.75) is 6.92 Å². The van der Waals surface area contributed by atoms with Crippen LogP contribution in [0.25, 0.3) is 40.0 Å². The van der Waals surface area contributed by atoms with Gasteiger partial charge in [-0.15, -0.1) is 0 Å². The smallest absolute Gasteiger partial charge is 0.248 e. The molecule has 1 N–H and O–H groups in total. The van der Waals surface area contributed by atoms with Gasteiger partial charge in [0, 0.05) is 27.9 Å². The summed E-state index contributed by atoms with van der Waals surface area (Å²) in [6.45, 7) is 1.91. The van der Waals surface area contributed by atoms with Crippen molar-refractivity contribution in [1.82, 2.24) is 4.98 Å². The van der Waals surface area contributed by atoms with Crippen LogP contribution in [0.5, 0.6) is 0 Å². The number of benzene rings is 3. The van der Waals surface area contributed by atoms with Crippen molar-refractivity contribution in [3.63, 3.8) is 0 Å². The number of fused-ring (bicyclic) bond motifs is 1. The molecular formula is C27H18Cl2N2O3. The van der Waals surface area contributed by atoms with Gasteiger partial charge in [-0.3, -0.25) is 4.79 Å². The number of hydrogen-bond donors (Lipinski definition) is 1. The van der Waals surface area contributed by atoms with E-state index in [2.05, 4.69) is 10.3 Å². The number of anilines is 1. The first kappa shape index (κ1) is 22.0. The number of rotatable bonds is 5. The van der Waals surface area contributed by atoms with Gasteiger partial charge in [0.25, 0.3) is 0 Å². The van der Waals surface area contributed by atoms with E-state index in [4.69, 9.17) is 32.0 Å². The molecule has 2 aromatic heterocycles. The molecule has 34 heavy (non-hydrogen) atoms. The van der Waals surface area contributed by atoms with Gasteiger partial charge in [-0.2, -0.15) is 0 Å². The van der Waals surface area contributed by atoms with E-state index in [0.717, 1.165) is 22.2 Å². The van der Waals surface area contributed by atoms with E-state index < -0.39 is 0 Å². The second-order valence-corrected chi connectivity index (χ2v) is 8.46. The summed E-state index contributed by atoms with van der Waals surface area (Å²) >= 11 is 12.2. The van der Waals surface area contributed by atoms with Crippen LogP contribution in [0.4, 0.5) is 5.69 Å². The molecule has 1 amide bonds. The Hall–Kier alpha value is -3.80. The lowest BCUT2D eigenvalue weighted by atomic mass is 10.1. The molecule has 0 aliphatic rings. The SMILES string of the molecule is Cc1c(NC(=O)/C=C/c2ccc(-c3ccc(Cl)cc3Cl)o2)cccc1-c1nc2ccccc2o1. The second kappa shape index (κ2) is 9.21. The third-order valence-corrected chi connectivity index (χ3v) is 5.89. The third-order valence-electron chi connectivity index (χ3n) is 5.34. The van der Waals surface area contributed by atoms with Gasteiger partial charge in [-0.05, 0) is 73.2 Å². The minimum absolute atomic E-state index is 0.291. The summed E-state index contributed by atoms with van der Waals surface area (Å²) in [5.74, 6) is 1.33. The van der Waals surface area contributed by atoms with Gasteiger partial charge in [-0.25, -0.2) is 4.98 Å². The summed E-state index contributed by atoms with van der Waals surface area (Å²) in [5.41, 5.74) is 4.56. The van der Waals surface area contributed by atoms with Crippen molar-refractivity contribution in [1.29, 1.82) is 0 Å². The Bertz CT molecular complexity index is 1520. The number of nitrogens with one attached hydrogen (secondary N) is 1. The van der Waals surface area contributed by atoms with Gasteiger partial charge in [0.15, 0.2) is 5.58 Å². The highest BCUT2D eigenvalue weighted by Crippen LogP contribution is 2.32. The lowest BCUT2D eigenvalue weighted by Crippen LogP contribution is -2.09. The molecule has 168 valence electrons. The number of carbonyl (C=O) groups excluding carboxylic acids is 1. The fourth-order valence-electron chi connectivity index (χ4n) is 3.60. The van der Waals surface area contributed by atoms with E-state index >= 15 is 0 Å². The first-order valence-corrected chi connectivity index (χ1v) is 11.2. The van der Waals surface area contributed by atoms with Crippen LogP contribution in [0.2, 0.25) is 10.0 Å². The number of nitrogens with zero attached hydrogens (tertiary/aromatic N) is 1. The quantitative estimate of drug-likeness (QED) is 0.254. The number of furan rings is 1. The van der Waals surface area contributed by atoms with Gasteiger partial charge in [0.2, 0.25) is 11.8 Å². The molecule has 7 heteroatoms. The van der Waals surface area contributed by atoms with Crippen molar-refractivity contribution in [2.75, 3.05) is 5.32 Å². The Morgan fingerprint density at radius 1 is 0.941 bits per heavy atom. The van der Waals surface area contributed by atoms with Crippen LogP contribution in [0.1, 0.15) is 11.3 Å². The fraction of sp³-hybridized carbons (Fsp3) is 0.0370. The standard InChI is InChI=1S/C27H18Cl2N2O3/c1-16-19(27-31-23-6-2-3-8-25(23)34-27)5-4-7-22(16)30-26(32)14-11-18-10-13-24(33-18)20-12-9-17(28)15-21(20)29/h2-15H,1H3,(H,30,32)/b14-11+. The number of para-hydroxylation sites is 2. The van der Waals surface area contributed by atoms with E-state index in [-0.39, 0.29) is 5.91 Å². The van der Waals surface area contributed by atoms with E-state index in [1.807, 2.05) is 49.4 Å². The van der Waals surface area contributed by atoms with E-state index in [0.29, 0.717) is 38.7 Å². The number of carbonyl (C=O) groups is 1. The predicted octanol–water partition coefficient (Wildman–Crippen LogP) is 8.02. The van der Waals surface area contributed by atoms with Crippen LogP contribution < -0.4 is 5.32 Å². The number of halogens is 2. The van der Waals surface area contributed by atoms with Crippen LogP contribution >= 0.6 is 23.2 Å². The number of oxazole rings is 1. The molecule has 3 aromatic carbocycles. The topological polar surface area (TPSA) is 68.3 Å². The van der Waals surface area contributed by atoms with Crippen molar-refractivity contribution in [3.05, 3.63) is 100 Å². The maximum absolute atomic E-state index is 12.6. The van der Waals surface area contributed by atoms with Crippen LogP contribution in [0, 0.1) is 6.92 Å². The largest absolute Gasteiger partial charge is 0.457 e. The zero-order valence-electron chi connectivity index (χ0n) is 18.0. The zero-order valence-corrected chi connectivity index (χ0v) is 19.5. The van der Waals surface area contributed by atoms with Crippen LogP contribution in [-0.2, 0) is 4.79 Å². The van der Waals surface area contributed by atoms with Crippen molar-refractivity contribution in [2.24, 2.45) is 0 Å². The van der Waals surface area contributed by atoms with E-state index in [9.17, 15) is 4.79 Å². The highest BCUT2D eigenvalue weighted by Gasteiger charge is 2.14. The Balaban J connectivity index is 1.32. The molecule has 5 rings (SSSR count). The minimum atomic E-state index is -0.291. The Morgan fingerprint density at radius 2 is 1.79 bits per heavy atom. The molecule has 0 radical (unpaired) electrons. The summed E-state index contributed by atoms with van der Waals surface area (Å²) in [6, 6.07) is 21.9. The van der Waals surface area contributed by atoms with Gasteiger partial charge < -0.3 is 14.2 Å². The molecule has 0 unspecified atom stereocenters. The van der Waals surface area contributed by atoms with Crippen molar-refractivity contribution in [3.8, 4) is 22.8 Å². The van der Waals surface area contributed by atoms with Gasteiger partial charge in [-0.1, -0.05) is 41.4 Å². The average Bonchev–Trinajstić information content (AvgIpc) is 3.46. The summed E-state index contributed by atoms with van der Waals surface area (Å²) in [6.07, 6.45) is 3.01. The van der Waals surface area contributed by atoms with Gasteiger partial charge in [0.1, 0.15) is 17.0 Å². The van der Waals surface area contributed by atoms with E-state index in [1.165, 1.54) is 6.08 Å². The molecule has 0 bridgehead atoms. The summed E-state index contributed by atoms with van der Waals surface area (Å²) in [5, 5.41) is 3.94. The summed E-state index contributed by atoms with van der Waals surface area (Å²) in [7, 11) is 0. The number of hydrogen-bond acceptors (Lipinski definition) is 4. The number of amides is 1. The normalized spacial score (nSPS) is 11.4. The van der Waals surface area contributed by atoms with Crippen LogP contribution in [0.3, 0.4) is 0 Å². The maximum Gasteiger partial charge on any atom is 0.248 e. The van der Waals surface area contributed by atoms with E-state index in [1.54, 1.807) is 36.4 Å². The highest BCUT2D eigenvalue weighted by atomic mass is 35.5. The number of aromatic nitrogens is 1. The van der Waals surface area contributed by atoms with Gasteiger partial charge in [0.05, 0.1) is 5.02 Å². The molecule has 0 saturated carbocycles. The van der Waals surface area contributed by atoms with Crippen molar-refractivity contribution < 1.29 is 13.6 Å². The summed E-state index contributed by atoms with van der Waals surface area (Å²) < 4.78 is 11.7. The Kier molecular flexibility index (Phi) is 5.97.